The van der Waals surface area contributed by atoms with Crippen molar-refractivity contribution in [1.29, 1.82) is 0 Å². The first-order valence-electron chi connectivity index (χ1n) is 5.30. The highest BCUT2D eigenvalue weighted by Gasteiger charge is 2.16. The molecule has 3 nitrogen and oxygen atoms in total. The van der Waals surface area contributed by atoms with Gasteiger partial charge in [-0.25, -0.2) is 0 Å². The van der Waals surface area contributed by atoms with Crippen LogP contribution in [-0.2, 0) is 4.79 Å². The lowest BCUT2D eigenvalue weighted by atomic mass is 10.3. The zero-order valence-electron chi connectivity index (χ0n) is 9.99. The van der Waals surface area contributed by atoms with Crippen LogP contribution < -0.4 is 0 Å². The van der Waals surface area contributed by atoms with E-state index < -0.39 is 0 Å². The first kappa shape index (κ1) is 14.2. The average Bonchev–Trinajstić information content (AvgIpc) is 2.34. The fraction of sp³-hybridized carbons (Fsp3) is 0.636. The molecule has 0 N–H and O–H groups in total. The van der Waals surface area contributed by atoms with Gasteiger partial charge in [-0.15, -0.1) is 11.8 Å². The number of allylic oxidation sites excluding steroid dienone is 1. The molecule has 15 heavy (non-hydrogen) atoms. The van der Waals surface area contributed by atoms with Crippen LogP contribution in [0.25, 0.3) is 0 Å². The van der Waals surface area contributed by atoms with E-state index in [4.69, 9.17) is 0 Å². The normalized spacial score (nSPS) is 16.4. The number of amidine groups is 1. The van der Waals surface area contributed by atoms with E-state index in [1.54, 1.807) is 16.7 Å². The van der Waals surface area contributed by atoms with Gasteiger partial charge in [-0.2, -0.15) is 0 Å². The summed E-state index contributed by atoms with van der Waals surface area (Å²) in [6.07, 6.45) is 5.81. The van der Waals surface area contributed by atoms with Crippen molar-refractivity contribution in [2.75, 3.05) is 19.3 Å². The average molecular weight is 228 g/mol. The molecule has 1 aliphatic rings. The number of amides is 1. The number of thioether (sulfide) groups is 1. The number of hydrogen-bond acceptors (Lipinski definition) is 3. The molecule has 1 rings (SSSR count). The van der Waals surface area contributed by atoms with E-state index in [1.165, 1.54) is 0 Å². The molecule has 0 aromatic heterocycles. The zero-order chi connectivity index (χ0) is 11.7. The number of carbonyl (C=O) groups excluding carboxylic acids is 1. The fourth-order valence-corrected chi connectivity index (χ4v) is 1.88. The lowest BCUT2D eigenvalue weighted by Crippen LogP contribution is -2.35. The minimum atomic E-state index is 0.792. The highest BCUT2D eigenvalue weighted by molar-refractivity contribution is 8.03. The van der Waals surface area contributed by atoms with Crippen molar-refractivity contribution in [3.05, 3.63) is 11.0 Å². The summed E-state index contributed by atoms with van der Waals surface area (Å²) in [7, 11) is 0. The lowest BCUT2D eigenvalue weighted by molar-refractivity contribution is -0.115. The van der Waals surface area contributed by atoms with E-state index in [0.29, 0.717) is 0 Å². The molecule has 0 unspecified atom stereocenters. The molecule has 0 bridgehead atoms. The Bertz CT molecular complexity index is 249. The van der Waals surface area contributed by atoms with Crippen LogP contribution in [0.1, 0.15) is 27.2 Å². The quantitative estimate of drug-likeness (QED) is 0.695. The first-order valence-corrected chi connectivity index (χ1v) is 6.53. The third-order valence-corrected chi connectivity index (χ3v) is 2.78. The van der Waals surface area contributed by atoms with Gasteiger partial charge in [-0.3, -0.25) is 14.7 Å². The Morgan fingerprint density at radius 2 is 2.20 bits per heavy atom. The Balaban J connectivity index is 0.000000921. The van der Waals surface area contributed by atoms with Crippen molar-refractivity contribution >= 4 is 24.0 Å². The smallest absolute Gasteiger partial charge is 0.215 e. The van der Waals surface area contributed by atoms with Gasteiger partial charge in [0, 0.05) is 18.0 Å². The summed E-state index contributed by atoms with van der Waals surface area (Å²) in [4.78, 5) is 17.8. The van der Waals surface area contributed by atoms with Crippen molar-refractivity contribution in [3.8, 4) is 0 Å². The predicted octanol–water partition coefficient (Wildman–Crippen LogP) is 2.54. The number of carbonyl (C=O) groups is 1. The van der Waals surface area contributed by atoms with Gasteiger partial charge in [0.2, 0.25) is 6.41 Å². The highest BCUT2D eigenvalue weighted by Crippen LogP contribution is 2.17. The largest absolute Gasteiger partial charge is 0.299 e. The van der Waals surface area contributed by atoms with E-state index in [1.807, 2.05) is 33.1 Å². The summed E-state index contributed by atoms with van der Waals surface area (Å²) in [6.45, 7) is 7.59. The second kappa shape index (κ2) is 8.53. The van der Waals surface area contributed by atoms with Gasteiger partial charge in [0.25, 0.3) is 0 Å². The SMILES string of the molecule is CC.CC=C(SC)C1=NCCCN1C=O. The molecule has 4 heteroatoms. The standard InChI is InChI=1S/C9H14N2OS.C2H6/c1-3-8(13-2)9-10-5-4-6-11(9)7-12;1-2/h3,7H,4-6H2,1-2H3;1-2H3. The van der Waals surface area contributed by atoms with Crippen LogP contribution in [0.15, 0.2) is 16.0 Å². The van der Waals surface area contributed by atoms with Crippen LogP contribution in [0.4, 0.5) is 0 Å². The molecule has 0 fully saturated rings. The van der Waals surface area contributed by atoms with Gasteiger partial charge in [0.15, 0.2) is 0 Å². The molecule has 0 atom stereocenters. The molecule has 0 aromatic carbocycles. The van der Waals surface area contributed by atoms with Gasteiger partial charge in [0.05, 0.1) is 0 Å². The van der Waals surface area contributed by atoms with Gasteiger partial charge in [0.1, 0.15) is 5.84 Å². The maximum absolute atomic E-state index is 10.7. The Hall–Kier alpha value is -0.770. The van der Waals surface area contributed by atoms with Crippen molar-refractivity contribution < 1.29 is 4.79 Å². The number of hydrogen-bond donors (Lipinski definition) is 0. The fourth-order valence-electron chi connectivity index (χ4n) is 1.28. The van der Waals surface area contributed by atoms with E-state index in [0.717, 1.165) is 36.7 Å². The van der Waals surface area contributed by atoms with E-state index in [9.17, 15) is 4.79 Å². The molecule has 0 saturated carbocycles. The molecule has 0 aliphatic carbocycles. The number of nitrogens with zero attached hydrogens (tertiary/aromatic N) is 2. The van der Waals surface area contributed by atoms with Gasteiger partial charge >= 0.3 is 0 Å². The predicted molar refractivity (Wildman–Crippen MR) is 68.3 cm³/mol. The van der Waals surface area contributed by atoms with Gasteiger partial charge < -0.3 is 0 Å². The maximum atomic E-state index is 10.7. The first-order chi connectivity index (χ1) is 7.33. The van der Waals surface area contributed by atoms with Gasteiger partial charge in [-0.05, 0) is 19.6 Å². The molecule has 86 valence electrons. The minimum absolute atomic E-state index is 0.792. The third kappa shape index (κ3) is 4.08. The summed E-state index contributed by atoms with van der Waals surface area (Å²) >= 11 is 1.63. The summed E-state index contributed by atoms with van der Waals surface area (Å²) in [5.74, 6) is 0.830. The monoisotopic (exact) mass is 228 g/mol. The Labute approximate surface area is 96.6 Å². The van der Waals surface area contributed by atoms with Crippen molar-refractivity contribution in [2.24, 2.45) is 4.99 Å². The van der Waals surface area contributed by atoms with Crippen LogP contribution in [0.2, 0.25) is 0 Å². The van der Waals surface area contributed by atoms with E-state index in [-0.39, 0.29) is 0 Å². The summed E-state index contributed by atoms with van der Waals surface area (Å²) in [5, 5.41) is 0. The Morgan fingerprint density at radius 3 is 2.67 bits per heavy atom. The zero-order valence-corrected chi connectivity index (χ0v) is 10.8. The highest BCUT2D eigenvalue weighted by atomic mass is 32.2. The second-order valence-electron chi connectivity index (χ2n) is 2.71. The topological polar surface area (TPSA) is 32.7 Å². The molecule has 1 aliphatic heterocycles. The Morgan fingerprint density at radius 1 is 1.53 bits per heavy atom. The minimum Gasteiger partial charge on any atom is -0.299 e. The Kier molecular flexibility index (Phi) is 8.09. The second-order valence-corrected chi connectivity index (χ2v) is 3.56. The van der Waals surface area contributed by atoms with Crippen LogP contribution in [-0.4, -0.2) is 36.5 Å². The molecule has 1 heterocycles. The molecule has 1 amide bonds. The van der Waals surface area contributed by atoms with Crippen LogP contribution in [0.5, 0.6) is 0 Å². The molecular formula is C11H20N2OS. The molecule has 0 aromatic rings. The molecule has 0 radical (unpaired) electrons. The van der Waals surface area contributed by atoms with Crippen molar-refractivity contribution in [1.82, 2.24) is 4.90 Å². The number of rotatable bonds is 3. The number of aliphatic imine (C=N–C) groups is 1. The molecule has 0 saturated heterocycles. The maximum Gasteiger partial charge on any atom is 0.215 e. The molecular weight excluding hydrogens is 208 g/mol. The van der Waals surface area contributed by atoms with Crippen LogP contribution in [0, 0.1) is 0 Å². The van der Waals surface area contributed by atoms with Crippen LogP contribution >= 0.6 is 11.8 Å². The summed E-state index contributed by atoms with van der Waals surface area (Å²) < 4.78 is 0. The van der Waals surface area contributed by atoms with E-state index in [2.05, 4.69) is 4.99 Å². The molecule has 0 spiro atoms. The lowest BCUT2D eigenvalue weighted by Gasteiger charge is -2.24. The van der Waals surface area contributed by atoms with Crippen molar-refractivity contribution in [2.45, 2.75) is 27.2 Å². The van der Waals surface area contributed by atoms with E-state index >= 15 is 0 Å². The summed E-state index contributed by atoms with van der Waals surface area (Å²) in [6, 6.07) is 0. The van der Waals surface area contributed by atoms with Gasteiger partial charge in [-0.1, -0.05) is 19.9 Å². The summed E-state index contributed by atoms with van der Waals surface area (Å²) in [5.41, 5.74) is 0. The third-order valence-electron chi connectivity index (χ3n) is 1.92. The van der Waals surface area contributed by atoms with Crippen LogP contribution in [0.3, 0.4) is 0 Å². The van der Waals surface area contributed by atoms with Crippen molar-refractivity contribution in [3.63, 3.8) is 0 Å².